The number of anilines is 1. The first kappa shape index (κ1) is 18.7. The maximum atomic E-state index is 12.4. The van der Waals surface area contributed by atoms with Gasteiger partial charge in [-0.1, -0.05) is 23.7 Å². The summed E-state index contributed by atoms with van der Waals surface area (Å²) in [6.07, 6.45) is 3.32. The van der Waals surface area contributed by atoms with Crippen molar-refractivity contribution in [3.63, 3.8) is 0 Å². The molecular formula is C19H21ClN2O3S. The molecule has 0 aliphatic carbocycles. The molecule has 1 heterocycles. The van der Waals surface area contributed by atoms with Crippen LogP contribution in [0.1, 0.15) is 24.8 Å². The van der Waals surface area contributed by atoms with E-state index in [-0.39, 0.29) is 10.8 Å². The summed E-state index contributed by atoms with van der Waals surface area (Å²) >= 11 is 5.79. The van der Waals surface area contributed by atoms with E-state index in [4.69, 9.17) is 11.6 Å². The van der Waals surface area contributed by atoms with Gasteiger partial charge in [0.1, 0.15) is 0 Å². The van der Waals surface area contributed by atoms with Gasteiger partial charge in [-0.25, -0.2) is 8.42 Å². The zero-order chi connectivity index (χ0) is 18.6. The monoisotopic (exact) mass is 392 g/mol. The molecule has 7 heteroatoms. The molecule has 3 rings (SSSR count). The summed E-state index contributed by atoms with van der Waals surface area (Å²) in [5.74, 6) is 0.190. The van der Waals surface area contributed by atoms with E-state index in [1.165, 1.54) is 24.3 Å². The quantitative estimate of drug-likeness (QED) is 0.815. The Balaban J connectivity index is 1.58. The van der Waals surface area contributed by atoms with Crippen molar-refractivity contribution in [1.82, 2.24) is 4.90 Å². The molecule has 0 atom stereocenters. The van der Waals surface area contributed by atoms with Crippen LogP contribution in [-0.4, -0.2) is 32.3 Å². The van der Waals surface area contributed by atoms with E-state index in [1.807, 2.05) is 17.0 Å². The van der Waals surface area contributed by atoms with Crippen molar-refractivity contribution in [2.75, 3.05) is 17.8 Å². The first-order valence-corrected chi connectivity index (χ1v) is 10.5. The number of benzene rings is 2. The summed E-state index contributed by atoms with van der Waals surface area (Å²) in [5.41, 5.74) is 1.49. The predicted octanol–water partition coefficient (Wildman–Crippen LogP) is 3.70. The third-order valence-electron chi connectivity index (χ3n) is 4.42. The minimum absolute atomic E-state index is 0.155. The number of sulfonamides is 1. The molecule has 0 aromatic heterocycles. The molecule has 1 aliphatic heterocycles. The molecule has 1 aliphatic rings. The number of nitrogens with one attached hydrogen (secondary N) is 1. The summed E-state index contributed by atoms with van der Waals surface area (Å²) in [5, 5.41) is 0.483. The van der Waals surface area contributed by atoms with Crippen molar-refractivity contribution < 1.29 is 13.2 Å². The van der Waals surface area contributed by atoms with Crippen molar-refractivity contribution in [3.8, 4) is 0 Å². The number of amides is 1. The molecular weight excluding hydrogens is 372 g/mol. The lowest BCUT2D eigenvalue weighted by atomic mass is 10.1. The number of carbonyl (C=O) groups is 1. The number of aryl methyl sites for hydroxylation is 1. The fourth-order valence-electron chi connectivity index (χ4n) is 2.94. The van der Waals surface area contributed by atoms with Crippen LogP contribution < -0.4 is 4.72 Å². The summed E-state index contributed by atoms with van der Waals surface area (Å²) in [4.78, 5) is 14.1. The number of nitrogens with zero attached hydrogens (tertiary/aromatic N) is 1. The lowest BCUT2D eigenvalue weighted by Crippen LogP contribution is -2.27. The van der Waals surface area contributed by atoms with Crippen LogP contribution in [0.5, 0.6) is 0 Å². The Hall–Kier alpha value is -2.05. The molecule has 26 heavy (non-hydrogen) atoms. The highest BCUT2D eigenvalue weighted by atomic mass is 35.5. The zero-order valence-electron chi connectivity index (χ0n) is 14.3. The number of carbonyl (C=O) groups excluding carboxylic acids is 1. The van der Waals surface area contributed by atoms with Crippen LogP contribution in [0.3, 0.4) is 0 Å². The molecule has 1 saturated heterocycles. The molecule has 0 unspecified atom stereocenters. The Morgan fingerprint density at radius 1 is 1.00 bits per heavy atom. The average molecular weight is 393 g/mol. The van der Waals surface area contributed by atoms with Crippen LogP contribution in [0.4, 0.5) is 5.69 Å². The van der Waals surface area contributed by atoms with Crippen molar-refractivity contribution in [3.05, 3.63) is 59.1 Å². The standard InChI is InChI=1S/C19H21ClN2O3S/c20-16-6-10-18(11-7-16)26(24,25)21-17-8-3-15(4-9-17)5-12-19(23)22-13-1-2-14-22/h3-4,6-11,21H,1-2,5,12-14H2. The van der Waals surface area contributed by atoms with Crippen LogP contribution in [0, 0.1) is 0 Å². The van der Waals surface area contributed by atoms with Gasteiger partial charge in [0, 0.05) is 30.2 Å². The largest absolute Gasteiger partial charge is 0.343 e. The topological polar surface area (TPSA) is 66.5 Å². The van der Waals surface area contributed by atoms with Crippen LogP contribution in [-0.2, 0) is 21.2 Å². The molecule has 1 fully saturated rings. The highest BCUT2D eigenvalue weighted by Crippen LogP contribution is 2.19. The summed E-state index contributed by atoms with van der Waals surface area (Å²) in [7, 11) is -3.65. The van der Waals surface area contributed by atoms with E-state index < -0.39 is 10.0 Å². The second kappa shape index (κ2) is 8.10. The normalized spacial score (nSPS) is 14.4. The number of halogens is 1. The van der Waals surface area contributed by atoms with Gasteiger partial charge in [0.2, 0.25) is 5.91 Å². The molecule has 0 saturated carbocycles. The maximum absolute atomic E-state index is 12.4. The smallest absolute Gasteiger partial charge is 0.261 e. The maximum Gasteiger partial charge on any atom is 0.261 e. The van der Waals surface area contributed by atoms with Crippen molar-refractivity contribution in [1.29, 1.82) is 0 Å². The molecule has 138 valence electrons. The van der Waals surface area contributed by atoms with Crippen LogP contribution in [0.25, 0.3) is 0 Å². The predicted molar refractivity (Wildman–Crippen MR) is 103 cm³/mol. The highest BCUT2D eigenvalue weighted by Gasteiger charge is 2.17. The Labute approximate surface area is 159 Å². The lowest BCUT2D eigenvalue weighted by Gasteiger charge is -2.15. The number of rotatable bonds is 6. The van der Waals surface area contributed by atoms with Gasteiger partial charge in [-0.3, -0.25) is 9.52 Å². The summed E-state index contributed by atoms with van der Waals surface area (Å²) < 4.78 is 27.3. The first-order chi connectivity index (χ1) is 12.4. The first-order valence-electron chi connectivity index (χ1n) is 8.59. The minimum Gasteiger partial charge on any atom is -0.343 e. The van der Waals surface area contributed by atoms with Gasteiger partial charge in [0.15, 0.2) is 0 Å². The average Bonchev–Trinajstić information content (AvgIpc) is 3.16. The van der Waals surface area contributed by atoms with Gasteiger partial charge in [-0.2, -0.15) is 0 Å². The second-order valence-corrected chi connectivity index (χ2v) is 8.46. The number of hydrogen-bond acceptors (Lipinski definition) is 3. The minimum atomic E-state index is -3.65. The van der Waals surface area contributed by atoms with E-state index in [0.717, 1.165) is 31.5 Å². The number of likely N-dealkylation sites (tertiary alicyclic amines) is 1. The zero-order valence-corrected chi connectivity index (χ0v) is 15.9. The van der Waals surface area contributed by atoms with Crippen LogP contribution in [0.2, 0.25) is 5.02 Å². The van der Waals surface area contributed by atoms with E-state index in [0.29, 0.717) is 23.6 Å². The van der Waals surface area contributed by atoms with E-state index in [1.54, 1.807) is 12.1 Å². The molecule has 2 aromatic rings. The van der Waals surface area contributed by atoms with Gasteiger partial charge in [-0.05, 0) is 61.2 Å². The van der Waals surface area contributed by atoms with Gasteiger partial charge in [-0.15, -0.1) is 0 Å². The molecule has 0 radical (unpaired) electrons. The highest BCUT2D eigenvalue weighted by molar-refractivity contribution is 7.92. The second-order valence-electron chi connectivity index (χ2n) is 6.34. The van der Waals surface area contributed by atoms with Crippen molar-refractivity contribution >= 4 is 33.2 Å². The van der Waals surface area contributed by atoms with E-state index in [9.17, 15) is 13.2 Å². The van der Waals surface area contributed by atoms with Crippen molar-refractivity contribution in [2.45, 2.75) is 30.6 Å². The Morgan fingerprint density at radius 3 is 2.23 bits per heavy atom. The summed E-state index contributed by atoms with van der Waals surface area (Å²) in [6.45, 7) is 1.73. The van der Waals surface area contributed by atoms with Crippen LogP contribution >= 0.6 is 11.6 Å². The fraction of sp³-hybridized carbons (Fsp3) is 0.316. The Kier molecular flexibility index (Phi) is 5.84. The summed E-state index contributed by atoms with van der Waals surface area (Å²) in [6, 6.07) is 13.1. The molecule has 2 aromatic carbocycles. The SMILES string of the molecule is O=C(CCc1ccc(NS(=O)(=O)c2ccc(Cl)cc2)cc1)N1CCCC1. The van der Waals surface area contributed by atoms with Crippen LogP contribution in [0.15, 0.2) is 53.4 Å². The molecule has 0 bridgehead atoms. The fourth-order valence-corrected chi connectivity index (χ4v) is 4.13. The molecule has 1 N–H and O–H groups in total. The Morgan fingerprint density at radius 2 is 1.62 bits per heavy atom. The van der Waals surface area contributed by atoms with Gasteiger partial charge >= 0.3 is 0 Å². The molecule has 5 nitrogen and oxygen atoms in total. The molecule has 1 amide bonds. The van der Waals surface area contributed by atoms with Gasteiger partial charge < -0.3 is 4.90 Å². The third kappa shape index (κ3) is 4.77. The lowest BCUT2D eigenvalue weighted by molar-refractivity contribution is -0.130. The van der Waals surface area contributed by atoms with E-state index in [2.05, 4.69) is 4.72 Å². The molecule has 0 spiro atoms. The van der Waals surface area contributed by atoms with Gasteiger partial charge in [0.25, 0.3) is 10.0 Å². The third-order valence-corrected chi connectivity index (χ3v) is 6.07. The van der Waals surface area contributed by atoms with E-state index >= 15 is 0 Å². The Bertz CT molecular complexity index is 859. The van der Waals surface area contributed by atoms with Gasteiger partial charge in [0.05, 0.1) is 4.90 Å². The van der Waals surface area contributed by atoms with Crippen molar-refractivity contribution in [2.24, 2.45) is 0 Å². The number of hydrogen-bond donors (Lipinski definition) is 1.